The zero-order chi connectivity index (χ0) is 11.4. The summed E-state index contributed by atoms with van der Waals surface area (Å²) in [6.07, 6.45) is 8.16. The highest BCUT2D eigenvalue weighted by molar-refractivity contribution is 6.12. The van der Waals surface area contributed by atoms with Crippen molar-refractivity contribution in [2.45, 2.75) is 31.7 Å². The number of hydrogen-bond donors (Lipinski definition) is 1. The van der Waals surface area contributed by atoms with Crippen molar-refractivity contribution in [3.8, 4) is 0 Å². The van der Waals surface area contributed by atoms with E-state index >= 15 is 0 Å². The molecule has 4 rings (SSSR count). The summed E-state index contributed by atoms with van der Waals surface area (Å²) in [4.78, 5) is 0. The Morgan fingerprint density at radius 1 is 1.29 bits per heavy atom. The number of nitrogens with zero attached hydrogens (tertiary/aromatic N) is 4. The van der Waals surface area contributed by atoms with Gasteiger partial charge in [-0.05, 0) is 48.6 Å². The summed E-state index contributed by atoms with van der Waals surface area (Å²) in [6.45, 7) is 0. The minimum Gasteiger partial charge on any atom is -0.428 e. The lowest BCUT2D eigenvalue weighted by Crippen LogP contribution is -2.20. The molecule has 1 N–H and O–H groups in total. The predicted octanol–water partition coefficient (Wildman–Crippen LogP) is 2.17. The van der Waals surface area contributed by atoms with Gasteiger partial charge in [-0.15, -0.1) is 5.10 Å². The minimum atomic E-state index is -0.0454. The molecule has 0 fully saturated rings. The van der Waals surface area contributed by atoms with Crippen molar-refractivity contribution >= 4 is 11.8 Å². The third-order valence-electron chi connectivity index (χ3n) is 3.78. The average Bonchev–Trinajstić information content (AvgIpc) is 2.93. The summed E-state index contributed by atoms with van der Waals surface area (Å²) in [5.74, 6) is 0. The van der Waals surface area contributed by atoms with Crippen LogP contribution < -0.4 is 0 Å². The molecule has 5 nitrogen and oxygen atoms in total. The molecule has 1 aromatic heterocycles. The maximum Gasteiger partial charge on any atom is 0.136 e. The smallest absolute Gasteiger partial charge is 0.136 e. The van der Waals surface area contributed by atoms with Crippen LogP contribution in [0.15, 0.2) is 21.5 Å². The quantitative estimate of drug-likeness (QED) is 0.679. The van der Waals surface area contributed by atoms with Gasteiger partial charge in [0.1, 0.15) is 11.8 Å². The van der Waals surface area contributed by atoms with Crippen LogP contribution in [0.3, 0.4) is 0 Å². The topological polar surface area (TPSA) is 62.2 Å². The molecule has 0 aromatic carbocycles. The van der Waals surface area contributed by atoms with Gasteiger partial charge in [0.2, 0.25) is 0 Å². The Balaban J connectivity index is 2.01. The van der Waals surface area contributed by atoms with E-state index in [4.69, 9.17) is 0 Å². The predicted molar refractivity (Wildman–Crippen MR) is 62.5 cm³/mol. The molecule has 2 heterocycles. The number of aromatic nitrogens is 1. The normalized spacial score (nSPS) is 24.2. The second-order valence-corrected chi connectivity index (χ2v) is 4.70. The highest BCUT2D eigenvalue weighted by Crippen LogP contribution is 2.35. The lowest BCUT2D eigenvalue weighted by Gasteiger charge is -2.14. The molecule has 0 bridgehead atoms. The molecule has 86 valence electrons. The monoisotopic (exact) mass is 228 g/mol. The third-order valence-corrected chi connectivity index (χ3v) is 3.78. The molecule has 0 amide bonds. The van der Waals surface area contributed by atoms with Crippen molar-refractivity contribution in [1.29, 1.82) is 0 Å². The highest BCUT2D eigenvalue weighted by atomic mass is 16.5. The molecule has 3 aliphatic rings. The molecule has 0 radical (unpaired) electrons. The minimum absolute atomic E-state index is 0.0454. The summed E-state index contributed by atoms with van der Waals surface area (Å²) in [5.41, 5.74) is 5.10. The number of fused-ring (bicyclic) bond motifs is 5. The number of rotatable bonds is 0. The fourth-order valence-electron chi connectivity index (χ4n) is 2.99. The molecule has 0 saturated carbocycles. The molecule has 5 heteroatoms. The standard InChI is InChI=1S/C12H12N4O/c17-16-9-4-2-1-3-7(9)11-10(16)6-5-8-12(11)14-15-13-8/h5-6,8,17H,1-4H2. The Kier molecular flexibility index (Phi) is 1.65. The van der Waals surface area contributed by atoms with Crippen LogP contribution in [0.25, 0.3) is 6.08 Å². The van der Waals surface area contributed by atoms with E-state index in [9.17, 15) is 5.21 Å². The fourth-order valence-corrected chi connectivity index (χ4v) is 2.99. The number of hydrogen-bond acceptors (Lipinski definition) is 4. The first-order valence-electron chi connectivity index (χ1n) is 5.98. The van der Waals surface area contributed by atoms with Crippen molar-refractivity contribution in [1.82, 2.24) is 4.73 Å². The second-order valence-electron chi connectivity index (χ2n) is 4.70. The Morgan fingerprint density at radius 2 is 2.18 bits per heavy atom. The Bertz CT molecular complexity index is 594. The van der Waals surface area contributed by atoms with Crippen LogP contribution in [-0.2, 0) is 12.8 Å². The van der Waals surface area contributed by atoms with Crippen LogP contribution in [0, 0.1) is 0 Å². The lowest BCUT2D eigenvalue weighted by atomic mass is 9.88. The van der Waals surface area contributed by atoms with Crippen LogP contribution >= 0.6 is 0 Å². The second kappa shape index (κ2) is 3.06. The highest BCUT2D eigenvalue weighted by Gasteiger charge is 2.33. The van der Waals surface area contributed by atoms with Crippen molar-refractivity contribution in [2.75, 3.05) is 0 Å². The molecular formula is C12H12N4O. The largest absolute Gasteiger partial charge is 0.428 e. The zero-order valence-corrected chi connectivity index (χ0v) is 9.30. The summed E-state index contributed by atoms with van der Waals surface area (Å²) < 4.78 is 1.33. The first-order valence-corrected chi connectivity index (χ1v) is 5.98. The first-order chi connectivity index (χ1) is 8.36. The summed E-state index contributed by atoms with van der Waals surface area (Å²) >= 11 is 0. The average molecular weight is 228 g/mol. The zero-order valence-electron chi connectivity index (χ0n) is 9.30. The molecule has 2 aliphatic carbocycles. The molecule has 0 saturated heterocycles. The molecule has 0 spiro atoms. The van der Waals surface area contributed by atoms with Gasteiger partial charge >= 0.3 is 0 Å². The first kappa shape index (κ1) is 9.15. The maximum atomic E-state index is 10.2. The van der Waals surface area contributed by atoms with Crippen LogP contribution in [-0.4, -0.2) is 21.7 Å². The van der Waals surface area contributed by atoms with Crippen molar-refractivity contribution < 1.29 is 5.21 Å². The molecule has 1 atom stereocenters. The van der Waals surface area contributed by atoms with Crippen LogP contribution in [0.1, 0.15) is 35.4 Å². The van der Waals surface area contributed by atoms with E-state index in [0.29, 0.717) is 0 Å². The summed E-state index contributed by atoms with van der Waals surface area (Å²) in [6, 6.07) is -0.0454. The van der Waals surface area contributed by atoms with E-state index in [2.05, 4.69) is 15.4 Å². The Morgan fingerprint density at radius 3 is 3.12 bits per heavy atom. The molecule has 1 aliphatic heterocycles. The third kappa shape index (κ3) is 1.06. The van der Waals surface area contributed by atoms with Gasteiger partial charge in [-0.25, -0.2) is 0 Å². The van der Waals surface area contributed by atoms with Crippen LogP contribution in [0.2, 0.25) is 0 Å². The molecule has 17 heavy (non-hydrogen) atoms. The van der Waals surface area contributed by atoms with Crippen molar-refractivity contribution in [2.24, 2.45) is 15.4 Å². The maximum absolute atomic E-state index is 10.2. The van der Waals surface area contributed by atoms with E-state index in [1.54, 1.807) is 0 Å². The summed E-state index contributed by atoms with van der Waals surface area (Å²) in [7, 11) is 0. The van der Waals surface area contributed by atoms with E-state index in [1.165, 1.54) is 16.7 Å². The lowest BCUT2D eigenvalue weighted by molar-refractivity contribution is 0.174. The van der Waals surface area contributed by atoms with Crippen LogP contribution in [0.5, 0.6) is 0 Å². The van der Waals surface area contributed by atoms with Gasteiger partial charge in [0, 0.05) is 5.56 Å². The van der Waals surface area contributed by atoms with E-state index in [1.807, 2.05) is 12.2 Å². The van der Waals surface area contributed by atoms with Gasteiger partial charge in [0.05, 0.1) is 11.4 Å². The molecule has 1 unspecified atom stereocenters. The van der Waals surface area contributed by atoms with Gasteiger partial charge in [0.15, 0.2) is 0 Å². The van der Waals surface area contributed by atoms with Crippen molar-refractivity contribution in [3.63, 3.8) is 0 Å². The Labute approximate surface area is 98.1 Å². The van der Waals surface area contributed by atoms with E-state index in [0.717, 1.165) is 41.9 Å². The van der Waals surface area contributed by atoms with Gasteiger partial charge in [0.25, 0.3) is 0 Å². The van der Waals surface area contributed by atoms with E-state index < -0.39 is 0 Å². The summed E-state index contributed by atoms with van der Waals surface area (Å²) in [5, 5.41) is 22.1. The van der Waals surface area contributed by atoms with E-state index in [-0.39, 0.29) is 6.04 Å². The SMILES string of the molecule is On1c2c(c3c1CCCC3)C1=NN=NC1C=C2. The van der Waals surface area contributed by atoms with Crippen molar-refractivity contribution in [3.05, 3.63) is 28.6 Å². The van der Waals surface area contributed by atoms with Gasteiger partial charge in [-0.2, -0.15) is 9.84 Å². The van der Waals surface area contributed by atoms with Gasteiger partial charge < -0.3 is 5.21 Å². The van der Waals surface area contributed by atoms with Crippen LogP contribution in [0.4, 0.5) is 0 Å². The van der Waals surface area contributed by atoms with Gasteiger partial charge in [-0.3, -0.25) is 0 Å². The fraction of sp³-hybridized carbons (Fsp3) is 0.417. The Hall–Kier alpha value is -1.91. The molecular weight excluding hydrogens is 216 g/mol. The van der Waals surface area contributed by atoms with Gasteiger partial charge in [-0.1, -0.05) is 0 Å². The molecule has 1 aromatic rings.